The highest BCUT2D eigenvalue weighted by atomic mass is 15.3. The lowest BCUT2D eigenvalue weighted by Gasteiger charge is -2.09. The summed E-state index contributed by atoms with van der Waals surface area (Å²) in [6, 6.07) is 10.7. The minimum absolute atomic E-state index is 0.831. The van der Waals surface area contributed by atoms with Crippen molar-refractivity contribution in [3.05, 3.63) is 53.0 Å². The Balaban J connectivity index is 1.85. The van der Waals surface area contributed by atoms with E-state index in [0.29, 0.717) is 0 Å². The summed E-state index contributed by atoms with van der Waals surface area (Å²) in [4.78, 5) is 0. The summed E-state index contributed by atoms with van der Waals surface area (Å²) in [5, 5.41) is 13.2. The van der Waals surface area contributed by atoms with Gasteiger partial charge >= 0.3 is 0 Å². The molecule has 21 heavy (non-hydrogen) atoms. The van der Waals surface area contributed by atoms with Crippen molar-refractivity contribution in [2.45, 2.75) is 26.3 Å². The maximum atomic E-state index is 4.42. The van der Waals surface area contributed by atoms with E-state index in [1.807, 2.05) is 18.7 Å². The van der Waals surface area contributed by atoms with Crippen molar-refractivity contribution in [2.75, 3.05) is 0 Å². The summed E-state index contributed by atoms with van der Waals surface area (Å²) >= 11 is 0. The van der Waals surface area contributed by atoms with Gasteiger partial charge < -0.3 is 4.57 Å². The lowest BCUT2D eigenvalue weighted by atomic mass is 10.0. The molecule has 3 aromatic rings. The molecule has 3 heterocycles. The van der Waals surface area contributed by atoms with Crippen LogP contribution in [0.25, 0.3) is 11.5 Å². The van der Waals surface area contributed by atoms with E-state index in [9.17, 15) is 0 Å². The van der Waals surface area contributed by atoms with Gasteiger partial charge in [0.25, 0.3) is 0 Å². The summed E-state index contributed by atoms with van der Waals surface area (Å²) in [6.45, 7) is 2.83. The predicted octanol–water partition coefficient (Wildman–Crippen LogP) is 2.13. The Morgan fingerprint density at radius 1 is 1.05 bits per heavy atom. The molecular formula is C16H17N5. The molecule has 0 N–H and O–H groups in total. The van der Waals surface area contributed by atoms with Gasteiger partial charge in [-0.1, -0.05) is 24.3 Å². The molecule has 0 fully saturated rings. The van der Waals surface area contributed by atoms with E-state index in [0.717, 1.165) is 42.4 Å². The number of nitrogens with zero attached hydrogens (tertiary/aromatic N) is 5. The van der Waals surface area contributed by atoms with Gasteiger partial charge in [0, 0.05) is 13.5 Å². The van der Waals surface area contributed by atoms with Crippen LogP contribution >= 0.6 is 0 Å². The SMILES string of the molecule is Cc1cc(-c2nnc3n2Cc2ccccc2CC3)n(C)n1. The molecule has 0 atom stereocenters. The summed E-state index contributed by atoms with van der Waals surface area (Å²) in [7, 11) is 1.95. The molecular weight excluding hydrogens is 262 g/mol. The number of hydrogen-bond acceptors (Lipinski definition) is 3. The summed E-state index contributed by atoms with van der Waals surface area (Å²) < 4.78 is 4.10. The first-order chi connectivity index (χ1) is 10.2. The Morgan fingerprint density at radius 3 is 2.62 bits per heavy atom. The molecule has 0 saturated carbocycles. The molecule has 2 aromatic heterocycles. The van der Waals surface area contributed by atoms with Crippen molar-refractivity contribution >= 4 is 0 Å². The first-order valence-electron chi connectivity index (χ1n) is 7.22. The van der Waals surface area contributed by atoms with Crippen LogP contribution < -0.4 is 0 Å². The minimum atomic E-state index is 0.831. The van der Waals surface area contributed by atoms with Crippen LogP contribution in [0.15, 0.2) is 30.3 Å². The van der Waals surface area contributed by atoms with Crippen molar-refractivity contribution in [1.29, 1.82) is 0 Å². The molecule has 5 heteroatoms. The molecule has 0 aliphatic carbocycles. The third-order valence-corrected chi connectivity index (χ3v) is 4.12. The highest BCUT2D eigenvalue weighted by Gasteiger charge is 2.20. The van der Waals surface area contributed by atoms with Gasteiger partial charge in [0.2, 0.25) is 0 Å². The Kier molecular flexibility index (Phi) is 2.67. The fourth-order valence-corrected chi connectivity index (χ4v) is 3.07. The molecule has 0 unspecified atom stereocenters. The smallest absolute Gasteiger partial charge is 0.182 e. The second-order valence-corrected chi connectivity index (χ2v) is 5.59. The van der Waals surface area contributed by atoms with E-state index >= 15 is 0 Å². The van der Waals surface area contributed by atoms with Crippen LogP contribution in [0.4, 0.5) is 0 Å². The summed E-state index contributed by atoms with van der Waals surface area (Å²) in [5.41, 5.74) is 4.79. The largest absolute Gasteiger partial charge is 0.305 e. The molecule has 0 amide bonds. The van der Waals surface area contributed by atoms with Gasteiger partial charge in [0.1, 0.15) is 11.5 Å². The van der Waals surface area contributed by atoms with Gasteiger partial charge in [-0.2, -0.15) is 5.10 Å². The fourth-order valence-electron chi connectivity index (χ4n) is 3.07. The standard InChI is InChI=1S/C16H17N5/c1-11-9-14(20(2)19-11)16-18-17-15-8-7-12-5-3-4-6-13(12)10-21(15)16/h3-6,9H,7-8,10H2,1-2H3. The second-order valence-electron chi connectivity index (χ2n) is 5.59. The van der Waals surface area contributed by atoms with Crippen LogP contribution in [0.5, 0.6) is 0 Å². The van der Waals surface area contributed by atoms with Crippen molar-refractivity contribution in [1.82, 2.24) is 24.5 Å². The van der Waals surface area contributed by atoms with Crippen LogP contribution in [0.1, 0.15) is 22.6 Å². The van der Waals surface area contributed by atoms with E-state index in [1.165, 1.54) is 11.1 Å². The Morgan fingerprint density at radius 2 is 1.86 bits per heavy atom. The maximum Gasteiger partial charge on any atom is 0.182 e. The van der Waals surface area contributed by atoms with Crippen LogP contribution in [-0.2, 0) is 26.4 Å². The van der Waals surface area contributed by atoms with Gasteiger partial charge in [-0.05, 0) is 30.5 Å². The molecule has 0 radical (unpaired) electrons. The van der Waals surface area contributed by atoms with Gasteiger partial charge in [-0.15, -0.1) is 10.2 Å². The van der Waals surface area contributed by atoms with Gasteiger partial charge in [-0.25, -0.2) is 0 Å². The molecule has 0 saturated heterocycles. The molecule has 0 bridgehead atoms. The second kappa shape index (κ2) is 4.55. The summed E-state index contributed by atoms with van der Waals surface area (Å²) in [5.74, 6) is 1.96. The van der Waals surface area contributed by atoms with E-state index in [4.69, 9.17) is 0 Å². The highest BCUT2D eigenvalue weighted by Crippen LogP contribution is 2.25. The monoisotopic (exact) mass is 279 g/mol. The lowest BCUT2D eigenvalue weighted by Crippen LogP contribution is -2.07. The molecule has 1 aliphatic heterocycles. The molecule has 1 aliphatic rings. The van der Waals surface area contributed by atoms with Gasteiger partial charge in [-0.3, -0.25) is 4.68 Å². The first kappa shape index (κ1) is 12.3. The number of fused-ring (bicyclic) bond motifs is 2. The normalized spacial score (nSPS) is 13.6. The van der Waals surface area contributed by atoms with Crippen molar-refractivity contribution in [3.63, 3.8) is 0 Å². The predicted molar refractivity (Wildman–Crippen MR) is 79.9 cm³/mol. The molecule has 5 nitrogen and oxygen atoms in total. The molecule has 106 valence electrons. The third kappa shape index (κ3) is 1.96. The van der Waals surface area contributed by atoms with Gasteiger partial charge in [0.15, 0.2) is 5.82 Å². The van der Waals surface area contributed by atoms with Crippen LogP contribution in [0.2, 0.25) is 0 Å². The minimum Gasteiger partial charge on any atom is -0.305 e. The zero-order valence-electron chi connectivity index (χ0n) is 12.2. The Labute approximate surface area is 123 Å². The molecule has 0 spiro atoms. The van der Waals surface area contributed by atoms with E-state index in [-0.39, 0.29) is 0 Å². The number of benzene rings is 1. The van der Waals surface area contributed by atoms with Crippen LogP contribution in [0, 0.1) is 6.92 Å². The first-order valence-corrected chi connectivity index (χ1v) is 7.22. The number of aryl methyl sites for hydroxylation is 4. The fraction of sp³-hybridized carbons (Fsp3) is 0.312. The van der Waals surface area contributed by atoms with Crippen LogP contribution in [0.3, 0.4) is 0 Å². The number of hydrogen-bond donors (Lipinski definition) is 0. The number of aromatic nitrogens is 5. The van der Waals surface area contributed by atoms with E-state index in [1.54, 1.807) is 0 Å². The van der Waals surface area contributed by atoms with Crippen molar-refractivity contribution < 1.29 is 0 Å². The highest BCUT2D eigenvalue weighted by molar-refractivity contribution is 5.51. The van der Waals surface area contributed by atoms with Crippen molar-refractivity contribution in [3.8, 4) is 11.5 Å². The Hall–Kier alpha value is -2.43. The third-order valence-electron chi connectivity index (χ3n) is 4.12. The van der Waals surface area contributed by atoms with E-state index in [2.05, 4.69) is 50.2 Å². The Bertz CT molecular complexity index is 812. The number of rotatable bonds is 1. The van der Waals surface area contributed by atoms with Gasteiger partial charge in [0.05, 0.1) is 12.2 Å². The topological polar surface area (TPSA) is 48.5 Å². The zero-order valence-corrected chi connectivity index (χ0v) is 12.2. The molecule has 4 rings (SSSR count). The van der Waals surface area contributed by atoms with E-state index < -0.39 is 0 Å². The van der Waals surface area contributed by atoms with Crippen molar-refractivity contribution in [2.24, 2.45) is 7.05 Å². The summed E-state index contributed by atoms with van der Waals surface area (Å²) in [6.07, 6.45) is 1.96. The maximum absolute atomic E-state index is 4.42. The quantitative estimate of drug-likeness (QED) is 0.685. The molecule has 1 aromatic carbocycles. The average molecular weight is 279 g/mol. The van der Waals surface area contributed by atoms with Crippen LogP contribution in [-0.4, -0.2) is 24.5 Å². The zero-order chi connectivity index (χ0) is 14.4. The lowest BCUT2D eigenvalue weighted by molar-refractivity contribution is 0.724. The average Bonchev–Trinajstić information content (AvgIpc) is 2.95.